The molecule has 0 spiro atoms. The van der Waals surface area contributed by atoms with Crippen molar-refractivity contribution in [2.75, 3.05) is 11.9 Å². The fourth-order valence-electron chi connectivity index (χ4n) is 1.71. The molecule has 0 radical (unpaired) electrons. The van der Waals surface area contributed by atoms with Crippen LogP contribution in [0.15, 0.2) is 59.6 Å². The highest BCUT2D eigenvalue weighted by Crippen LogP contribution is 2.15. The molecule has 0 amide bonds. The van der Waals surface area contributed by atoms with Gasteiger partial charge in [0.05, 0.1) is 0 Å². The lowest BCUT2D eigenvalue weighted by molar-refractivity contribution is 0.965. The molecule has 98 valence electrons. The molecule has 3 N–H and O–H groups in total. The van der Waals surface area contributed by atoms with Crippen molar-refractivity contribution in [3.63, 3.8) is 0 Å². The number of nitrogens with one attached hydrogen (secondary N) is 1. The molecular formula is C15H16ClN3. The van der Waals surface area contributed by atoms with Crippen LogP contribution < -0.4 is 11.1 Å². The Kier molecular flexibility index (Phi) is 4.81. The zero-order valence-corrected chi connectivity index (χ0v) is 11.3. The largest absolute Gasteiger partial charge is 0.370 e. The Balaban J connectivity index is 1.87. The number of nitrogens with two attached hydrogens (primary N) is 1. The number of rotatable bonds is 4. The number of guanidine groups is 1. The molecule has 2 aromatic carbocycles. The van der Waals surface area contributed by atoms with Gasteiger partial charge in [-0.2, -0.15) is 0 Å². The van der Waals surface area contributed by atoms with E-state index in [1.165, 1.54) is 0 Å². The fraction of sp³-hybridized carbons (Fsp3) is 0.133. The zero-order chi connectivity index (χ0) is 13.5. The summed E-state index contributed by atoms with van der Waals surface area (Å²) in [6.45, 7) is 0.607. The first-order valence-corrected chi connectivity index (χ1v) is 6.49. The van der Waals surface area contributed by atoms with E-state index in [1.807, 2.05) is 54.6 Å². The second-order valence-corrected chi connectivity index (χ2v) is 4.51. The van der Waals surface area contributed by atoms with Gasteiger partial charge < -0.3 is 11.1 Å². The summed E-state index contributed by atoms with van der Waals surface area (Å²) in [7, 11) is 0. The predicted molar refractivity (Wildman–Crippen MR) is 81.7 cm³/mol. The van der Waals surface area contributed by atoms with Gasteiger partial charge in [0.15, 0.2) is 5.96 Å². The number of nitrogens with zero attached hydrogens (tertiary/aromatic N) is 1. The van der Waals surface area contributed by atoms with Crippen molar-refractivity contribution in [3.05, 3.63) is 65.2 Å². The van der Waals surface area contributed by atoms with Crippen molar-refractivity contribution in [1.82, 2.24) is 0 Å². The van der Waals surface area contributed by atoms with E-state index in [0.29, 0.717) is 12.5 Å². The zero-order valence-electron chi connectivity index (χ0n) is 10.5. The van der Waals surface area contributed by atoms with Crippen molar-refractivity contribution >= 4 is 23.2 Å². The number of benzene rings is 2. The molecule has 3 nitrogen and oxygen atoms in total. The highest BCUT2D eigenvalue weighted by Gasteiger charge is 1.98. The van der Waals surface area contributed by atoms with E-state index in [-0.39, 0.29) is 0 Å². The Morgan fingerprint density at radius 3 is 2.47 bits per heavy atom. The van der Waals surface area contributed by atoms with Crippen LogP contribution in [0.1, 0.15) is 5.56 Å². The van der Waals surface area contributed by atoms with E-state index in [2.05, 4.69) is 10.3 Å². The summed E-state index contributed by atoms with van der Waals surface area (Å²) in [5.74, 6) is 0.415. The summed E-state index contributed by atoms with van der Waals surface area (Å²) < 4.78 is 0. The maximum atomic E-state index is 6.07. The molecule has 0 aromatic heterocycles. The summed E-state index contributed by atoms with van der Waals surface area (Å²) in [6.07, 6.45) is 0.775. The Bertz CT molecular complexity index is 552. The van der Waals surface area contributed by atoms with Crippen LogP contribution in [0.3, 0.4) is 0 Å². The summed E-state index contributed by atoms with van der Waals surface area (Å²) in [5.41, 5.74) is 7.83. The number of aliphatic imine (C=N–C) groups is 1. The molecule has 4 heteroatoms. The Morgan fingerprint density at radius 2 is 1.74 bits per heavy atom. The van der Waals surface area contributed by atoms with Crippen molar-refractivity contribution in [3.8, 4) is 0 Å². The van der Waals surface area contributed by atoms with Crippen LogP contribution in [0.25, 0.3) is 0 Å². The van der Waals surface area contributed by atoms with E-state index in [4.69, 9.17) is 17.3 Å². The molecule has 0 saturated heterocycles. The highest BCUT2D eigenvalue weighted by atomic mass is 35.5. The smallest absolute Gasteiger partial charge is 0.193 e. The molecule has 0 saturated carbocycles. The van der Waals surface area contributed by atoms with Gasteiger partial charge in [-0.1, -0.05) is 48.0 Å². The van der Waals surface area contributed by atoms with Crippen LogP contribution in [0, 0.1) is 0 Å². The summed E-state index contributed by atoms with van der Waals surface area (Å²) in [4.78, 5) is 4.28. The Labute approximate surface area is 118 Å². The monoisotopic (exact) mass is 273 g/mol. The summed E-state index contributed by atoms with van der Waals surface area (Å²) >= 11 is 6.07. The molecule has 2 rings (SSSR count). The first-order chi connectivity index (χ1) is 9.25. The van der Waals surface area contributed by atoms with Crippen LogP contribution in [-0.4, -0.2) is 12.5 Å². The highest BCUT2D eigenvalue weighted by molar-refractivity contribution is 6.31. The number of hydrogen-bond donors (Lipinski definition) is 2. The Hall–Kier alpha value is -2.00. The maximum absolute atomic E-state index is 6.07. The van der Waals surface area contributed by atoms with Gasteiger partial charge in [0, 0.05) is 17.3 Å². The van der Waals surface area contributed by atoms with Crippen LogP contribution in [0.5, 0.6) is 0 Å². The van der Waals surface area contributed by atoms with Gasteiger partial charge in [-0.05, 0) is 30.2 Å². The first kappa shape index (κ1) is 13.4. The normalized spacial score (nSPS) is 11.3. The summed E-state index contributed by atoms with van der Waals surface area (Å²) in [6, 6.07) is 17.5. The number of para-hydroxylation sites is 1. The predicted octanol–water partition coefficient (Wildman–Crippen LogP) is 3.31. The van der Waals surface area contributed by atoms with Crippen molar-refractivity contribution < 1.29 is 0 Å². The standard InChI is InChI=1S/C15H16ClN3/c16-14-9-5-4-6-12(14)10-11-18-15(17)19-13-7-2-1-3-8-13/h1-9H,10-11H2,(H3,17,18,19). The van der Waals surface area contributed by atoms with Gasteiger partial charge >= 0.3 is 0 Å². The van der Waals surface area contributed by atoms with Crippen LogP contribution in [0.2, 0.25) is 5.02 Å². The number of hydrogen-bond acceptors (Lipinski definition) is 1. The molecule has 0 aliphatic rings. The first-order valence-electron chi connectivity index (χ1n) is 6.11. The molecule has 19 heavy (non-hydrogen) atoms. The lowest BCUT2D eigenvalue weighted by atomic mass is 10.1. The minimum Gasteiger partial charge on any atom is -0.370 e. The molecule has 0 aliphatic carbocycles. The molecule has 2 aromatic rings. The Morgan fingerprint density at radius 1 is 1.05 bits per heavy atom. The van der Waals surface area contributed by atoms with Gasteiger partial charge in [-0.25, -0.2) is 0 Å². The lowest BCUT2D eigenvalue weighted by Gasteiger charge is -2.05. The molecule has 0 atom stereocenters. The third-order valence-corrected chi connectivity index (χ3v) is 3.04. The van der Waals surface area contributed by atoms with Crippen molar-refractivity contribution in [2.24, 2.45) is 10.7 Å². The van der Waals surface area contributed by atoms with Crippen molar-refractivity contribution in [1.29, 1.82) is 0 Å². The topological polar surface area (TPSA) is 50.4 Å². The van der Waals surface area contributed by atoms with Crippen LogP contribution in [0.4, 0.5) is 5.69 Å². The van der Waals surface area contributed by atoms with Crippen molar-refractivity contribution in [2.45, 2.75) is 6.42 Å². The van der Waals surface area contributed by atoms with E-state index >= 15 is 0 Å². The van der Waals surface area contributed by atoms with Gasteiger partial charge in [0.2, 0.25) is 0 Å². The number of halogens is 1. The van der Waals surface area contributed by atoms with Gasteiger partial charge in [-0.15, -0.1) is 0 Å². The quantitative estimate of drug-likeness (QED) is 0.663. The van der Waals surface area contributed by atoms with E-state index < -0.39 is 0 Å². The lowest BCUT2D eigenvalue weighted by Crippen LogP contribution is -2.23. The van der Waals surface area contributed by atoms with Gasteiger partial charge in [0.1, 0.15) is 0 Å². The van der Waals surface area contributed by atoms with E-state index in [1.54, 1.807) is 0 Å². The fourth-order valence-corrected chi connectivity index (χ4v) is 1.94. The maximum Gasteiger partial charge on any atom is 0.193 e. The second-order valence-electron chi connectivity index (χ2n) is 4.10. The van der Waals surface area contributed by atoms with Gasteiger partial charge in [0.25, 0.3) is 0 Å². The molecule has 0 unspecified atom stereocenters. The average Bonchev–Trinajstić information content (AvgIpc) is 2.42. The van der Waals surface area contributed by atoms with Gasteiger partial charge in [-0.3, -0.25) is 4.99 Å². The average molecular weight is 274 g/mol. The third kappa shape index (κ3) is 4.30. The summed E-state index contributed by atoms with van der Waals surface area (Å²) in [5, 5.41) is 3.81. The van der Waals surface area contributed by atoms with Crippen LogP contribution >= 0.6 is 11.6 Å². The molecule has 0 heterocycles. The third-order valence-electron chi connectivity index (χ3n) is 2.67. The molecule has 0 fully saturated rings. The molecule has 0 bridgehead atoms. The SMILES string of the molecule is NC(=NCCc1ccccc1Cl)Nc1ccccc1. The minimum atomic E-state index is 0.415. The van der Waals surface area contributed by atoms with E-state index in [0.717, 1.165) is 22.7 Å². The second kappa shape index (κ2) is 6.81. The van der Waals surface area contributed by atoms with Crippen LogP contribution in [-0.2, 0) is 6.42 Å². The molecular weight excluding hydrogens is 258 g/mol. The number of anilines is 1. The minimum absolute atomic E-state index is 0.415. The van der Waals surface area contributed by atoms with E-state index in [9.17, 15) is 0 Å². The molecule has 0 aliphatic heterocycles.